The van der Waals surface area contributed by atoms with E-state index in [9.17, 15) is 14.4 Å². The Kier molecular flexibility index (Phi) is 11.8. The second-order valence-corrected chi connectivity index (χ2v) is 8.59. The van der Waals surface area contributed by atoms with E-state index in [0.29, 0.717) is 60.0 Å². The monoisotopic (exact) mass is 522 g/mol. The summed E-state index contributed by atoms with van der Waals surface area (Å²) in [5, 5.41) is 0. The molecule has 0 bridgehead atoms. The summed E-state index contributed by atoms with van der Waals surface area (Å²) >= 11 is 0. The average molecular weight is 523 g/mol. The second-order valence-electron chi connectivity index (χ2n) is 8.59. The van der Waals surface area contributed by atoms with Gasteiger partial charge in [-0.15, -0.1) is 0 Å². The van der Waals surface area contributed by atoms with Crippen molar-refractivity contribution in [3.05, 3.63) is 78.9 Å². The molecule has 0 amide bonds. The predicted molar refractivity (Wildman–Crippen MR) is 144 cm³/mol. The van der Waals surface area contributed by atoms with Crippen LogP contribution in [-0.4, -0.2) is 44.3 Å². The van der Waals surface area contributed by atoms with Gasteiger partial charge in [-0.1, -0.05) is 31.9 Å². The fourth-order valence-corrected chi connectivity index (χ4v) is 2.91. The minimum Gasteiger partial charge on any atom is -0.493 e. The first-order chi connectivity index (χ1) is 18.1. The van der Waals surface area contributed by atoms with E-state index in [-0.39, 0.29) is 13.2 Å². The molecule has 0 N–H and O–H groups in total. The van der Waals surface area contributed by atoms with E-state index < -0.39 is 17.9 Å². The Morgan fingerprint density at radius 1 is 0.632 bits per heavy atom. The molecule has 0 aromatic heterocycles. The highest BCUT2D eigenvalue weighted by Gasteiger charge is 2.12. The van der Waals surface area contributed by atoms with Gasteiger partial charge in [0.05, 0.1) is 26.4 Å². The highest BCUT2D eigenvalue weighted by molar-refractivity contribution is 5.89. The van der Waals surface area contributed by atoms with Crippen LogP contribution in [0.5, 0.6) is 17.2 Å². The summed E-state index contributed by atoms with van der Waals surface area (Å²) in [4.78, 5) is 34.8. The Labute approximate surface area is 223 Å². The van der Waals surface area contributed by atoms with Crippen LogP contribution < -0.4 is 14.2 Å². The Morgan fingerprint density at radius 3 is 1.66 bits per heavy atom. The highest BCUT2D eigenvalue weighted by atomic mass is 16.5. The Balaban J connectivity index is 2.08. The first-order valence-corrected chi connectivity index (χ1v) is 12.1. The van der Waals surface area contributed by atoms with E-state index in [2.05, 4.69) is 19.7 Å². The molecular weight excluding hydrogens is 488 g/mol. The smallest absolute Gasteiger partial charge is 0.338 e. The molecule has 8 heteroatoms. The molecule has 8 nitrogen and oxygen atoms in total. The summed E-state index contributed by atoms with van der Waals surface area (Å²) in [7, 11) is 0. The number of benzene rings is 2. The van der Waals surface area contributed by atoms with E-state index in [1.165, 1.54) is 0 Å². The maximum atomic E-state index is 11.8. The number of hydrogen-bond donors (Lipinski definition) is 0. The lowest BCUT2D eigenvalue weighted by molar-refractivity contribution is -0.140. The number of esters is 3. The standard InChI is InChI=1S/C30H34O8/c1-20(2)28(31)36-17-7-15-34-25-13-14-26(23-9-11-24(12-10-23)38-30(33)22(5)6)27(19-25)35-16-8-18-37-29(32)21(3)4/h9-14,19H,1,3,5,7-8,15-18H2,2,4,6H3. The Bertz CT molecular complexity index is 1180. The van der Waals surface area contributed by atoms with Crippen molar-refractivity contribution in [2.45, 2.75) is 33.6 Å². The van der Waals surface area contributed by atoms with Crippen LogP contribution in [0.4, 0.5) is 0 Å². The van der Waals surface area contributed by atoms with E-state index in [1.807, 2.05) is 24.3 Å². The molecular formula is C30H34O8. The van der Waals surface area contributed by atoms with Gasteiger partial charge in [0.15, 0.2) is 0 Å². The van der Waals surface area contributed by atoms with Crippen LogP contribution >= 0.6 is 0 Å². The number of hydrogen-bond acceptors (Lipinski definition) is 8. The highest BCUT2D eigenvalue weighted by Crippen LogP contribution is 2.34. The molecule has 202 valence electrons. The van der Waals surface area contributed by atoms with Crippen molar-refractivity contribution in [2.24, 2.45) is 0 Å². The number of ether oxygens (including phenoxy) is 5. The lowest BCUT2D eigenvalue weighted by atomic mass is 10.0. The molecule has 0 unspecified atom stereocenters. The molecule has 0 fully saturated rings. The molecule has 0 aliphatic carbocycles. The van der Waals surface area contributed by atoms with Crippen molar-refractivity contribution in [3.8, 4) is 28.4 Å². The van der Waals surface area contributed by atoms with Gasteiger partial charge in [0.2, 0.25) is 0 Å². The molecule has 0 saturated heterocycles. The van der Waals surface area contributed by atoms with Crippen LogP contribution in [0.2, 0.25) is 0 Å². The van der Waals surface area contributed by atoms with Crippen molar-refractivity contribution in [2.75, 3.05) is 26.4 Å². The van der Waals surface area contributed by atoms with Gasteiger partial charge in [-0.25, -0.2) is 14.4 Å². The third kappa shape index (κ3) is 9.97. The Morgan fingerprint density at radius 2 is 1.13 bits per heavy atom. The fourth-order valence-electron chi connectivity index (χ4n) is 2.91. The summed E-state index contributed by atoms with van der Waals surface area (Å²) in [5.74, 6) is 0.174. The summed E-state index contributed by atoms with van der Waals surface area (Å²) in [6, 6.07) is 12.4. The quantitative estimate of drug-likeness (QED) is 0.129. The topological polar surface area (TPSA) is 97.4 Å². The van der Waals surface area contributed by atoms with Gasteiger partial charge in [-0.05, 0) is 50.6 Å². The van der Waals surface area contributed by atoms with Crippen molar-refractivity contribution < 1.29 is 38.1 Å². The van der Waals surface area contributed by atoms with E-state index in [0.717, 1.165) is 11.1 Å². The molecule has 0 aliphatic rings. The van der Waals surface area contributed by atoms with Gasteiger partial charge in [0, 0.05) is 41.2 Å². The van der Waals surface area contributed by atoms with Crippen molar-refractivity contribution in [3.63, 3.8) is 0 Å². The first kappa shape index (κ1) is 29.9. The van der Waals surface area contributed by atoms with Crippen molar-refractivity contribution in [1.82, 2.24) is 0 Å². The lowest BCUT2D eigenvalue weighted by Crippen LogP contribution is -2.10. The van der Waals surface area contributed by atoms with Crippen molar-refractivity contribution >= 4 is 17.9 Å². The molecule has 0 spiro atoms. The molecule has 2 rings (SSSR count). The van der Waals surface area contributed by atoms with Crippen LogP contribution in [0, 0.1) is 0 Å². The second kappa shape index (κ2) is 15.0. The SMILES string of the molecule is C=C(C)C(=O)OCCCOc1ccc(-c2ccc(OC(=O)C(=C)C)cc2)c(OCCCOC(=O)C(=C)C)c1. The van der Waals surface area contributed by atoms with Gasteiger partial charge in [0.25, 0.3) is 0 Å². The van der Waals surface area contributed by atoms with E-state index in [1.54, 1.807) is 39.0 Å². The number of carbonyl (C=O) groups excluding carboxylic acids is 3. The maximum absolute atomic E-state index is 11.8. The summed E-state index contributed by atoms with van der Waals surface area (Å²) in [6.45, 7) is 16.5. The van der Waals surface area contributed by atoms with Crippen LogP contribution in [0.25, 0.3) is 11.1 Å². The zero-order valence-corrected chi connectivity index (χ0v) is 22.2. The zero-order valence-electron chi connectivity index (χ0n) is 22.2. The lowest BCUT2D eigenvalue weighted by Gasteiger charge is -2.15. The summed E-state index contributed by atoms with van der Waals surface area (Å²) in [5.41, 5.74) is 2.62. The molecule has 0 atom stereocenters. The summed E-state index contributed by atoms with van der Waals surface area (Å²) in [6.07, 6.45) is 0.989. The van der Waals surface area contributed by atoms with E-state index in [4.69, 9.17) is 23.7 Å². The van der Waals surface area contributed by atoms with Crippen LogP contribution in [0.3, 0.4) is 0 Å². The molecule has 2 aromatic carbocycles. The zero-order chi connectivity index (χ0) is 28.1. The molecule has 0 radical (unpaired) electrons. The molecule has 38 heavy (non-hydrogen) atoms. The third-order valence-corrected chi connectivity index (χ3v) is 4.94. The summed E-state index contributed by atoms with van der Waals surface area (Å²) < 4.78 is 27.3. The molecule has 0 aliphatic heterocycles. The van der Waals surface area contributed by atoms with Gasteiger partial charge in [-0.2, -0.15) is 0 Å². The van der Waals surface area contributed by atoms with E-state index >= 15 is 0 Å². The molecule has 0 heterocycles. The third-order valence-electron chi connectivity index (χ3n) is 4.94. The average Bonchev–Trinajstić information content (AvgIpc) is 2.88. The van der Waals surface area contributed by atoms with Gasteiger partial charge in [-0.3, -0.25) is 0 Å². The molecule has 0 saturated carbocycles. The Hall–Kier alpha value is -4.33. The molecule has 2 aromatic rings. The van der Waals surface area contributed by atoms with Crippen molar-refractivity contribution in [1.29, 1.82) is 0 Å². The minimum absolute atomic E-state index is 0.197. The van der Waals surface area contributed by atoms with Gasteiger partial charge in [0.1, 0.15) is 17.2 Å². The first-order valence-electron chi connectivity index (χ1n) is 12.1. The van der Waals surface area contributed by atoms with Crippen LogP contribution in [0.15, 0.2) is 78.9 Å². The van der Waals surface area contributed by atoms with Crippen LogP contribution in [0.1, 0.15) is 33.6 Å². The van der Waals surface area contributed by atoms with Gasteiger partial charge < -0.3 is 23.7 Å². The van der Waals surface area contributed by atoms with Gasteiger partial charge >= 0.3 is 17.9 Å². The normalized spacial score (nSPS) is 10.2. The fraction of sp³-hybridized carbons (Fsp3) is 0.300. The largest absolute Gasteiger partial charge is 0.493 e. The number of rotatable bonds is 15. The number of carbonyl (C=O) groups is 3. The minimum atomic E-state index is -0.495. The van der Waals surface area contributed by atoms with Crippen LogP contribution in [-0.2, 0) is 23.9 Å². The predicted octanol–water partition coefficient (Wildman–Crippen LogP) is 5.61. The maximum Gasteiger partial charge on any atom is 0.338 e.